The van der Waals surface area contributed by atoms with Crippen LogP contribution < -0.4 is 20.7 Å². The van der Waals surface area contributed by atoms with Gasteiger partial charge in [-0.1, -0.05) is 67.4 Å². The molecule has 0 spiro atoms. The number of para-hydroxylation sites is 1. The average Bonchev–Trinajstić information content (AvgIpc) is 3.45. The number of fused-ring (bicyclic) bond motifs is 1. The van der Waals surface area contributed by atoms with Gasteiger partial charge >= 0.3 is 6.03 Å². The van der Waals surface area contributed by atoms with Gasteiger partial charge in [0.1, 0.15) is 17.4 Å². The Morgan fingerprint density at radius 1 is 0.889 bits per heavy atom. The summed E-state index contributed by atoms with van der Waals surface area (Å²) in [5.41, 5.74) is 3.78. The molecule has 2 amide bonds. The molecule has 4 aromatic carbocycles. The molecule has 0 saturated carbocycles. The molecule has 10 heteroatoms. The van der Waals surface area contributed by atoms with Crippen LogP contribution in [0, 0.1) is 12.7 Å². The predicted molar refractivity (Wildman–Crippen MR) is 175 cm³/mol. The normalized spacial score (nSPS) is 10.9. The van der Waals surface area contributed by atoms with Crippen LogP contribution in [0.1, 0.15) is 31.0 Å². The average molecular weight is 602 g/mol. The summed E-state index contributed by atoms with van der Waals surface area (Å²) < 4.78 is 22.0. The summed E-state index contributed by atoms with van der Waals surface area (Å²) in [6, 6.07) is 28.6. The van der Waals surface area contributed by atoms with E-state index in [1.54, 1.807) is 41.1 Å². The first kappa shape index (κ1) is 29.3. The van der Waals surface area contributed by atoms with Gasteiger partial charge in [-0.25, -0.2) is 18.9 Å². The maximum Gasteiger partial charge on any atom is 0.324 e. The van der Waals surface area contributed by atoms with E-state index in [0.29, 0.717) is 17.3 Å². The Hall–Kier alpha value is -5.77. The van der Waals surface area contributed by atoms with Crippen LogP contribution in [-0.4, -0.2) is 25.8 Å². The maximum absolute atomic E-state index is 14.1. The van der Waals surface area contributed by atoms with E-state index in [2.05, 4.69) is 32.8 Å². The third-order valence-electron chi connectivity index (χ3n) is 7.16. The Labute approximate surface area is 260 Å². The molecule has 0 radical (unpaired) electrons. The number of carbonyl (C=O) groups excluding carboxylic acids is 1. The zero-order chi connectivity index (χ0) is 31.2. The molecule has 0 aliphatic heterocycles. The van der Waals surface area contributed by atoms with Crippen molar-refractivity contribution >= 4 is 39.9 Å². The Balaban J connectivity index is 1.22. The van der Waals surface area contributed by atoms with Crippen LogP contribution in [0.5, 0.6) is 11.6 Å². The molecule has 0 aliphatic rings. The van der Waals surface area contributed by atoms with E-state index >= 15 is 0 Å². The molecule has 6 aromatic rings. The van der Waals surface area contributed by atoms with Crippen LogP contribution >= 0.6 is 0 Å². The van der Waals surface area contributed by atoms with Crippen LogP contribution in [0.3, 0.4) is 0 Å². The van der Waals surface area contributed by atoms with E-state index < -0.39 is 11.8 Å². The van der Waals surface area contributed by atoms with E-state index in [1.807, 2.05) is 61.5 Å². The fourth-order valence-corrected chi connectivity index (χ4v) is 4.88. The first-order chi connectivity index (χ1) is 22.0. The number of aryl methyl sites for hydroxylation is 2. The molecule has 0 bridgehead atoms. The quantitative estimate of drug-likeness (QED) is 0.145. The lowest BCUT2D eigenvalue weighted by Gasteiger charge is -2.14. The van der Waals surface area contributed by atoms with Crippen LogP contribution in [0.2, 0.25) is 0 Å². The molecule has 2 heterocycles. The van der Waals surface area contributed by atoms with Gasteiger partial charge in [0, 0.05) is 29.1 Å². The van der Waals surface area contributed by atoms with Crippen molar-refractivity contribution in [1.29, 1.82) is 0 Å². The van der Waals surface area contributed by atoms with Gasteiger partial charge in [-0.2, -0.15) is 10.1 Å². The van der Waals surface area contributed by atoms with Gasteiger partial charge in [-0.3, -0.25) is 5.32 Å². The summed E-state index contributed by atoms with van der Waals surface area (Å²) in [5.74, 6) is 1.16. The molecule has 0 aliphatic carbocycles. The van der Waals surface area contributed by atoms with Gasteiger partial charge in [0.25, 0.3) is 0 Å². The van der Waals surface area contributed by atoms with Crippen molar-refractivity contribution in [3.63, 3.8) is 0 Å². The molecule has 45 heavy (non-hydrogen) atoms. The monoisotopic (exact) mass is 601 g/mol. The number of halogens is 1. The van der Waals surface area contributed by atoms with Crippen molar-refractivity contribution in [1.82, 2.24) is 19.7 Å². The van der Waals surface area contributed by atoms with E-state index in [0.717, 1.165) is 47.0 Å². The van der Waals surface area contributed by atoms with E-state index in [1.165, 1.54) is 12.3 Å². The SMILES string of the molecule is CCCCc1cc(NC(=O)Nc2ccc(Oc3ccnc(Nc4ccccc4F)n3)c3ccccc23)n(-c2ccc(C)cc2)n1. The van der Waals surface area contributed by atoms with Crippen LogP contribution in [0.4, 0.5) is 32.3 Å². The molecule has 0 saturated heterocycles. The Bertz CT molecular complexity index is 1960. The number of unbranched alkanes of at least 4 members (excludes halogenated alkanes) is 1. The molecule has 0 unspecified atom stereocenters. The largest absolute Gasteiger partial charge is 0.438 e. The minimum Gasteiger partial charge on any atom is -0.438 e. The number of nitrogens with one attached hydrogen (secondary N) is 3. The topological polar surface area (TPSA) is 106 Å². The highest BCUT2D eigenvalue weighted by Gasteiger charge is 2.15. The second-order valence-electron chi connectivity index (χ2n) is 10.5. The summed E-state index contributed by atoms with van der Waals surface area (Å²) in [6.45, 7) is 4.17. The molecule has 3 N–H and O–H groups in total. The smallest absolute Gasteiger partial charge is 0.324 e. The Morgan fingerprint density at radius 3 is 2.47 bits per heavy atom. The molecule has 6 rings (SSSR count). The fraction of sp³-hybridized carbons (Fsp3) is 0.143. The van der Waals surface area contributed by atoms with Crippen molar-refractivity contribution in [3.05, 3.63) is 120 Å². The van der Waals surface area contributed by atoms with Gasteiger partial charge < -0.3 is 15.4 Å². The van der Waals surface area contributed by atoms with Gasteiger partial charge in [-0.05, 0) is 56.2 Å². The van der Waals surface area contributed by atoms with Crippen molar-refractivity contribution in [2.75, 3.05) is 16.0 Å². The summed E-state index contributed by atoms with van der Waals surface area (Å²) in [5, 5.41) is 15.2. The highest BCUT2D eigenvalue weighted by atomic mass is 19.1. The summed E-state index contributed by atoms with van der Waals surface area (Å²) in [4.78, 5) is 21.9. The summed E-state index contributed by atoms with van der Waals surface area (Å²) in [6.07, 6.45) is 4.42. The van der Waals surface area contributed by atoms with Gasteiger partial charge in [0.15, 0.2) is 0 Å². The number of ether oxygens (including phenoxy) is 1. The van der Waals surface area contributed by atoms with E-state index in [-0.39, 0.29) is 17.5 Å². The third-order valence-corrected chi connectivity index (χ3v) is 7.16. The van der Waals surface area contributed by atoms with Crippen LogP contribution in [0.15, 0.2) is 103 Å². The number of hydrogen-bond acceptors (Lipinski definition) is 6. The van der Waals surface area contributed by atoms with Crippen LogP contribution in [0.25, 0.3) is 16.5 Å². The minimum absolute atomic E-state index is 0.194. The van der Waals surface area contributed by atoms with Crippen molar-refractivity contribution in [2.24, 2.45) is 0 Å². The van der Waals surface area contributed by atoms with Gasteiger partial charge in [0.2, 0.25) is 11.8 Å². The highest BCUT2D eigenvalue weighted by molar-refractivity contribution is 6.07. The van der Waals surface area contributed by atoms with Crippen molar-refractivity contribution < 1.29 is 13.9 Å². The van der Waals surface area contributed by atoms with E-state index in [9.17, 15) is 9.18 Å². The maximum atomic E-state index is 14.1. The lowest BCUT2D eigenvalue weighted by atomic mass is 10.1. The molecular formula is C35H32FN7O2. The lowest BCUT2D eigenvalue weighted by molar-refractivity contribution is 0.262. The molecule has 0 atom stereocenters. The number of carbonyl (C=O) groups is 1. The second-order valence-corrected chi connectivity index (χ2v) is 10.5. The zero-order valence-electron chi connectivity index (χ0n) is 24.9. The molecule has 2 aromatic heterocycles. The first-order valence-corrected chi connectivity index (χ1v) is 14.7. The summed E-state index contributed by atoms with van der Waals surface area (Å²) >= 11 is 0. The number of aromatic nitrogens is 4. The Morgan fingerprint density at radius 2 is 1.67 bits per heavy atom. The first-order valence-electron chi connectivity index (χ1n) is 14.7. The molecular weight excluding hydrogens is 569 g/mol. The van der Waals surface area contributed by atoms with Crippen molar-refractivity contribution in [3.8, 4) is 17.3 Å². The second kappa shape index (κ2) is 13.3. The summed E-state index contributed by atoms with van der Waals surface area (Å²) in [7, 11) is 0. The number of amides is 2. The third kappa shape index (κ3) is 6.91. The zero-order valence-corrected chi connectivity index (χ0v) is 24.9. The number of urea groups is 1. The number of hydrogen-bond donors (Lipinski definition) is 3. The number of nitrogens with zero attached hydrogens (tertiary/aromatic N) is 4. The molecule has 9 nitrogen and oxygen atoms in total. The Kier molecular flexibility index (Phi) is 8.63. The highest BCUT2D eigenvalue weighted by Crippen LogP contribution is 2.34. The fourth-order valence-electron chi connectivity index (χ4n) is 4.88. The number of rotatable bonds is 10. The lowest BCUT2D eigenvalue weighted by Crippen LogP contribution is -2.21. The van der Waals surface area contributed by atoms with Gasteiger partial charge in [-0.15, -0.1) is 0 Å². The molecule has 226 valence electrons. The van der Waals surface area contributed by atoms with Gasteiger partial charge in [0.05, 0.1) is 22.8 Å². The van der Waals surface area contributed by atoms with Crippen molar-refractivity contribution in [2.45, 2.75) is 33.1 Å². The number of anilines is 4. The molecule has 0 fully saturated rings. The number of benzene rings is 4. The standard InChI is InChI=1S/C35H32FN7O2/c1-3-4-9-24-22-32(43(42-24)25-16-14-23(2)15-17-25)40-35(44)39-29-18-19-31(27-11-6-5-10-26(27)29)45-33-20-21-37-34(41-33)38-30-13-8-7-12-28(30)36/h5-8,10-22H,3-4,9H2,1-2H3,(H,37,38,41)(H2,39,40,44). The van der Waals surface area contributed by atoms with Crippen LogP contribution in [-0.2, 0) is 6.42 Å². The predicted octanol–water partition coefficient (Wildman–Crippen LogP) is 8.79. The minimum atomic E-state index is -0.415. The van der Waals surface area contributed by atoms with E-state index in [4.69, 9.17) is 9.84 Å².